The van der Waals surface area contributed by atoms with E-state index in [2.05, 4.69) is 21.3 Å². The van der Waals surface area contributed by atoms with Gasteiger partial charge in [0.05, 0.1) is 30.4 Å². The Balaban J connectivity index is 1.67. The SMILES string of the molecule is CCn1cc(-c2cn3ncc(F)c3c(N3C[C@@H](C)[C@@](C#N)(C4CC4)C3=O)n2)cn1. The molecule has 2 atom stereocenters. The first-order valence-electron chi connectivity index (χ1n) is 9.79. The summed E-state index contributed by atoms with van der Waals surface area (Å²) in [6, 6.07) is 2.30. The lowest BCUT2D eigenvalue weighted by atomic mass is 9.75. The van der Waals surface area contributed by atoms with Crippen molar-refractivity contribution in [3.63, 3.8) is 0 Å². The van der Waals surface area contributed by atoms with E-state index in [1.54, 1.807) is 17.1 Å². The molecule has 1 saturated carbocycles. The molecule has 2 fully saturated rings. The van der Waals surface area contributed by atoms with Crippen molar-refractivity contribution in [3.8, 4) is 17.3 Å². The van der Waals surface area contributed by atoms with Crippen LogP contribution in [0, 0.1) is 34.4 Å². The van der Waals surface area contributed by atoms with Gasteiger partial charge in [0.25, 0.3) is 0 Å². The van der Waals surface area contributed by atoms with Crippen LogP contribution >= 0.6 is 0 Å². The number of amides is 1. The summed E-state index contributed by atoms with van der Waals surface area (Å²) in [5, 5.41) is 18.3. The molecular formula is C20H20FN7O. The number of aromatic nitrogens is 5. The van der Waals surface area contributed by atoms with E-state index in [-0.39, 0.29) is 29.1 Å². The van der Waals surface area contributed by atoms with Crippen molar-refractivity contribution in [2.45, 2.75) is 33.2 Å². The lowest BCUT2D eigenvalue weighted by molar-refractivity contribution is -0.124. The fraction of sp³-hybridized carbons (Fsp3) is 0.450. The van der Waals surface area contributed by atoms with Crippen LogP contribution in [0.15, 0.2) is 24.8 Å². The van der Waals surface area contributed by atoms with Crippen LogP contribution in [0.5, 0.6) is 0 Å². The summed E-state index contributed by atoms with van der Waals surface area (Å²) in [6.07, 6.45) is 8.01. The van der Waals surface area contributed by atoms with Gasteiger partial charge in [-0.15, -0.1) is 0 Å². The number of hydrogen-bond donors (Lipinski definition) is 0. The standard InChI is InChI=1S/C20H20FN7O/c1-3-26-9-13(6-23-26)16-10-28-17(15(21)7-24-28)18(25-16)27-8-12(2)20(11-22,19(27)29)14-4-5-14/h6-7,9-10,12,14H,3-5,8H2,1-2H3/t12-,20+/m1/s1. The molecule has 0 bridgehead atoms. The van der Waals surface area contributed by atoms with Crippen molar-refractivity contribution in [1.82, 2.24) is 24.4 Å². The van der Waals surface area contributed by atoms with Crippen LogP contribution < -0.4 is 4.90 Å². The molecule has 0 N–H and O–H groups in total. The average molecular weight is 393 g/mol. The smallest absolute Gasteiger partial charge is 0.249 e. The number of anilines is 1. The Hall–Kier alpha value is -3.28. The molecular weight excluding hydrogens is 373 g/mol. The minimum Gasteiger partial charge on any atom is -0.293 e. The number of aryl methyl sites for hydroxylation is 1. The monoisotopic (exact) mass is 393 g/mol. The Morgan fingerprint density at radius 3 is 2.76 bits per heavy atom. The molecule has 8 nitrogen and oxygen atoms in total. The Morgan fingerprint density at radius 2 is 2.10 bits per heavy atom. The molecule has 0 radical (unpaired) electrons. The van der Waals surface area contributed by atoms with Crippen LogP contribution in [0.3, 0.4) is 0 Å². The van der Waals surface area contributed by atoms with Crippen LogP contribution in [0.25, 0.3) is 16.8 Å². The maximum atomic E-state index is 14.6. The van der Waals surface area contributed by atoms with E-state index in [0.717, 1.165) is 24.6 Å². The van der Waals surface area contributed by atoms with Gasteiger partial charge < -0.3 is 0 Å². The highest BCUT2D eigenvalue weighted by Crippen LogP contribution is 2.54. The first-order chi connectivity index (χ1) is 14.0. The predicted molar refractivity (Wildman–Crippen MR) is 102 cm³/mol. The third-order valence-electron chi connectivity index (χ3n) is 6.18. The van der Waals surface area contributed by atoms with E-state index in [4.69, 9.17) is 0 Å². The minimum atomic E-state index is -1.06. The number of carbonyl (C=O) groups is 1. The van der Waals surface area contributed by atoms with Gasteiger partial charge in [-0.1, -0.05) is 6.92 Å². The van der Waals surface area contributed by atoms with Gasteiger partial charge >= 0.3 is 0 Å². The number of fused-ring (bicyclic) bond motifs is 1. The summed E-state index contributed by atoms with van der Waals surface area (Å²) < 4.78 is 17.7. The highest BCUT2D eigenvalue weighted by molar-refractivity contribution is 6.04. The van der Waals surface area contributed by atoms with Crippen LogP contribution in [-0.2, 0) is 11.3 Å². The van der Waals surface area contributed by atoms with Crippen molar-refractivity contribution in [2.75, 3.05) is 11.4 Å². The molecule has 1 aliphatic heterocycles. The zero-order valence-corrected chi connectivity index (χ0v) is 16.2. The summed E-state index contributed by atoms with van der Waals surface area (Å²) in [4.78, 5) is 19.5. The third-order valence-corrected chi connectivity index (χ3v) is 6.18. The normalized spacial score (nSPS) is 24.4. The maximum Gasteiger partial charge on any atom is 0.249 e. The van der Waals surface area contributed by atoms with Crippen LogP contribution in [-0.4, -0.2) is 36.8 Å². The van der Waals surface area contributed by atoms with Crippen molar-refractivity contribution >= 4 is 17.2 Å². The van der Waals surface area contributed by atoms with E-state index in [9.17, 15) is 14.4 Å². The van der Waals surface area contributed by atoms with Gasteiger partial charge in [-0.05, 0) is 25.7 Å². The quantitative estimate of drug-likeness (QED) is 0.679. The molecule has 0 unspecified atom stereocenters. The topological polar surface area (TPSA) is 92.1 Å². The predicted octanol–water partition coefficient (Wildman–Crippen LogP) is 2.65. The lowest BCUT2D eigenvalue weighted by Crippen LogP contribution is -2.37. The van der Waals surface area contributed by atoms with Crippen LogP contribution in [0.4, 0.5) is 10.2 Å². The number of halogens is 1. The number of nitrogens with zero attached hydrogens (tertiary/aromatic N) is 7. The van der Waals surface area contributed by atoms with Gasteiger partial charge in [-0.2, -0.15) is 15.5 Å². The molecule has 0 aromatic carbocycles. The van der Waals surface area contributed by atoms with E-state index >= 15 is 0 Å². The van der Waals surface area contributed by atoms with Gasteiger partial charge in [-0.25, -0.2) is 13.9 Å². The highest BCUT2D eigenvalue weighted by atomic mass is 19.1. The zero-order chi connectivity index (χ0) is 20.3. The number of carbonyl (C=O) groups excluding carboxylic acids is 1. The summed E-state index contributed by atoms with van der Waals surface area (Å²) in [7, 11) is 0. The average Bonchev–Trinajstić information content (AvgIpc) is 3.24. The first-order valence-corrected chi connectivity index (χ1v) is 9.79. The number of nitriles is 1. The molecule has 9 heteroatoms. The van der Waals surface area contributed by atoms with E-state index in [0.29, 0.717) is 18.8 Å². The summed E-state index contributed by atoms with van der Waals surface area (Å²) in [5.74, 6) is -0.726. The fourth-order valence-electron chi connectivity index (χ4n) is 4.44. The van der Waals surface area contributed by atoms with Crippen molar-refractivity contribution in [1.29, 1.82) is 5.26 Å². The Labute approximate surface area is 166 Å². The van der Waals surface area contributed by atoms with E-state index < -0.39 is 11.2 Å². The Bertz CT molecular complexity index is 1170. The van der Waals surface area contributed by atoms with Gasteiger partial charge in [-0.3, -0.25) is 14.4 Å². The second-order valence-corrected chi connectivity index (χ2v) is 7.89. The molecule has 29 heavy (non-hydrogen) atoms. The van der Waals surface area contributed by atoms with Gasteiger partial charge in [0.2, 0.25) is 5.91 Å². The summed E-state index contributed by atoms with van der Waals surface area (Å²) in [5.41, 5.74) is 0.371. The van der Waals surface area contributed by atoms with Crippen molar-refractivity contribution < 1.29 is 9.18 Å². The molecule has 0 spiro atoms. The zero-order valence-electron chi connectivity index (χ0n) is 16.2. The van der Waals surface area contributed by atoms with Gasteiger partial charge in [0, 0.05) is 30.8 Å². The number of hydrogen-bond acceptors (Lipinski definition) is 5. The molecule has 5 rings (SSSR count). The molecule has 2 aliphatic rings. The molecule has 1 amide bonds. The van der Waals surface area contributed by atoms with Gasteiger partial charge in [0.1, 0.15) is 10.9 Å². The lowest BCUT2D eigenvalue weighted by Gasteiger charge is -2.23. The third kappa shape index (κ3) is 2.41. The first kappa shape index (κ1) is 17.8. The molecule has 3 aromatic rings. The Kier molecular flexibility index (Phi) is 3.75. The van der Waals surface area contributed by atoms with Gasteiger partial charge in [0.15, 0.2) is 11.6 Å². The summed E-state index contributed by atoms with van der Waals surface area (Å²) in [6.45, 7) is 4.93. The fourth-order valence-corrected chi connectivity index (χ4v) is 4.44. The minimum absolute atomic E-state index is 0.0664. The molecule has 148 valence electrons. The van der Waals surface area contributed by atoms with E-state index in [1.807, 2.05) is 20.0 Å². The molecule has 3 aromatic heterocycles. The van der Waals surface area contributed by atoms with Crippen LogP contribution in [0.2, 0.25) is 0 Å². The second-order valence-electron chi connectivity index (χ2n) is 7.89. The van der Waals surface area contributed by atoms with E-state index in [1.165, 1.54) is 9.42 Å². The van der Waals surface area contributed by atoms with Crippen molar-refractivity contribution in [2.24, 2.45) is 17.3 Å². The largest absolute Gasteiger partial charge is 0.293 e. The molecule has 4 heterocycles. The maximum absolute atomic E-state index is 14.6. The summed E-state index contributed by atoms with van der Waals surface area (Å²) >= 11 is 0. The highest BCUT2D eigenvalue weighted by Gasteiger charge is 2.61. The van der Waals surface area contributed by atoms with Crippen molar-refractivity contribution in [3.05, 3.63) is 30.6 Å². The van der Waals surface area contributed by atoms with Crippen LogP contribution in [0.1, 0.15) is 26.7 Å². The molecule has 1 aliphatic carbocycles. The second kappa shape index (κ2) is 6.11. The molecule has 1 saturated heterocycles. The Morgan fingerprint density at radius 1 is 1.31 bits per heavy atom. The number of rotatable bonds is 4.